The van der Waals surface area contributed by atoms with Crippen LogP contribution in [0.25, 0.3) is 0 Å². The molecule has 8 heteroatoms. The standard InChI is InChI=1S/C34H42ClN5O2/c1-3-38(4-2)24-28-11-7-8-12-32(28)39-17-19-40(20-18-39)34(42)31(21-25-13-15-29(35)16-14-25)37-33(41)30-22-26-9-5-6-10-27(26)23-36-30/h5-16,30-31,36H,3-4,17-24H2,1-2H3,(H,37,41)/t30-,31-/m1/s1. The van der Waals surface area contributed by atoms with E-state index >= 15 is 0 Å². The third kappa shape index (κ3) is 7.33. The second kappa shape index (κ2) is 14.2. The zero-order valence-electron chi connectivity index (χ0n) is 24.7. The molecule has 2 N–H and O–H groups in total. The van der Waals surface area contributed by atoms with Gasteiger partial charge in [0.25, 0.3) is 0 Å². The Bertz CT molecular complexity index is 1350. The smallest absolute Gasteiger partial charge is 0.245 e. The van der Waals surface area contributed by atoms with E-state index < -0.39 is 6.04 Å². The first-order chi connectivity index (χ1) is 20.4. The predicted octanol–water partition coefficient (Wildman–Crippen LogP) is 4.27. The van der Waals surface area contributed by atoms with Gasteiger partial charge in [-0.3, -0.25) is 14.5 Å². The van der Waals surface area contributed by atoms with Gasteiger partial charge in [0, 0.05) is 56.4 Å². The zero-order valence-corrected chi connectivity index (χ0v) is 25.4. The second-order valence-corrected chi connectivity index (χ2v) is 11.6. The Hall–Kier alpha value is -3.39. The number of para-hydroxylation sites is 1. The molecule has 5 rings (SSSR count). The third-order valence-corrected chi connectivity index (χ3v) is 8.83. The van der Waals surface area contributed by atoms with Crippen molar-refractivity contribution >= 4 is 29.1 Å². The van der Waals surface area contributed by atoms with E-state index in [9.17, 15) is 9.59 Å². The minimum Gasteiger partial charge on any atom is -0.368 e. The van der Waals surface area contributed by atoms with Gasteiger partial charge < -0.3 is 20.4 Å². The average molecular weight is 588 g/mol. The Morgan fingerprint density at radius 3 is 2.31 bits per heavy atom. The number of halogens is 1. The number of hydrogen-bond donors (Lipinski definition) is 2. The topological polar surface area (TPSA) is 67.9 Å². The van der Waals surface area contributed by atoms with Gasteiger partial charge in [-0.15, -0.1) is 0 Å². The van der Waals surface area contributed by atoms with E-state index in [1.165, 1.54) is 22.4 Å². The van der Waals surface area contributed by atoms with Crippen molar-refractivity contribution in [3.05, 3.63) is 100 Å². The van der Waals surface area contributed by atoms with E-state index in [0.29, 0.717) is 37.5 Å². The van der Waals surface area contributed by atoms with Gasteiger partial charge in [0.2, 0.25) is 11.8 Å². The second-order valence-electron chi connectivity index (χ2n) is 11.2. The van der Waals surface area contributed by atoms with Crippen LogP contribution in [0.1, 0.15) is 36.1 Å². The molecular formula is C34H42ClN5O2. The molecule has 2 atom stereocenters. The molecular weight excluding hydrogens is 546 g/mol. The fraction of sp³-hybridized carbons (Fsp3) is 0.412. The molecule has 0 radical (unpaired) electrons. The van der Waals surface area contributed by atoms with E-state index in [0.717, 1.165) is 38.3 Å². The molecule has 3 aromatic rings. The maximum atomic E-state index is 14.0. The van der Waals surface area contributed by atoms with Crippen molar-refractivity contribution in [3.8, 4) is 0 Å². The molecule has 42 heavy (non-hydrogen) atoms. The maximum absolute atomic E-state index is 14.0. The minimum atomic E-state index is -0.654. The molecule has 0 unspecified atom stereocenters. The summed E-state index contributed by atoms with van der Waals surface area (Å²) in [5, 5.41) is 7.12. The third-order valence-electron chi connectivity index (χ3n) is 8.58. The van der Waals surface area contributed by atoms with Crippen LogP contribution in [0, 0.1) is 0 Å². The summed E-state index contributed by atoms with van der Waals surface area (Å²) in [6.07, 6.45) is 1.02. The Labute approximate surface area is 254 Å². The van der Waals surface area contributed by atoms with E-state index in [1.807, 2.05) is 41.3 Å². The van der Waals surface area contributed by atoms with Gasteiger partial charge in [0.05, 0.1) is 6.04 Å². The minimum absolute atomic E-state index is 0.0365. The Morgan fingerprint density at radius 2 is 1.60 bits per heavy atom. The molecule has 0 spiro atoms. The molecule has 1 fully saturated rings. The first-order valence-corrected chi connectivity index (χ1v) is 15.5. The zero-order chi connectivity index (χ0) is 29.5. The maximum Gasteiger partial charge on any atom is 0.245 e. The van der Waals surface area contributed by atoms with Gasteiger partial charge in [-0.1, -0.05) is 80.0 Å². The number of nitrogens with one attached hydrogen (secondary N) is 2. The number of anilines is 1. The fourth-order valence-electron chi connectivity index (χ4n) is 6.00. The number of hydrogen-bond acceptors (Lipinski definition) is 5. The van der Waals surface area contributed by atoms with Crippen LogP contribution >= 0.6 is 11.6 Å². The highest BCUT2D eigenvalue weighted by Gasteiger charge is 2.32. The molecule has 222 valence electrons. The van der Waals surface area contributed by atoms with Crippen molar-refractivity contribution in [1.82, 2.24) is 20.4 Å². The van der Waals surface area contributed by atoms with Crippen molar-refractivity contribution in [2.24, 2.45) is 0 Å². The normalized spacial score (nSPS) is 17.6. The molecule has 2 aliphatic heterocycles. The van der Waals surface area contributed by atoms with Crippen LogP contribution in [0.3, 0.4) is 0 Å². The van der Waals surface area contributed by atoms with Crippen LogP contribution in [-0.4, -0.2) is 73.0 Å². The summed E-state index contributed by atoms with van der Waals surface area (Å²) in [7, 11) is 0. The summed E-state index contributed by atoms with van der Waals surface area (Å²) in [5.41, 5.74) is 5.91. The number of amides is 2. The predicted molar refractivity (Wildman–Crippen MR) is 170 cm³/mol. The fourth-order valence-corrected chi connectivity index (χ4v) is 6.12. The summed E-state index contributed by atoms with van der Waals surface area (Å²) in [5.74, 6) is -0.175. The van der Waals surface area contributed by atoms with Crippen molar-refractivity contribution in [2.45, 2.75) is 51.9 Å². The van der Waals surface area contributed by atoms with Crippen molar-refractivity contribution < 1.29 is 9.59 Å². The lowest BCUT2D eigenvalue weighted by molar-refractivity contribution is -0.137. The van der Waals surface area contributed by atoms with E-state index in [2.05, 4.69) is 70.7 Å². The van der Waals surface area contributed by atoms with E-state index in [4.69, 9.17) is 11.6 Å². The Kier molecular flexibility index (Phi) is 10.2. The number of rotatable bonds is 10. The molecule has 2 amide bonds. The van der Waals surface area contributed by atoms with Crippen molar-refractivity contribution in [3.63, 3.8) is 0 Å². The van der Waals surface area contributed by atoms with Gasteiger partial charge >= 0.3 is 0 Å². The summed E-state index contributed by atoms with van der Waals surface area (Å²) in [6, 6.07) is 23.3. The van der Waals surface area contributed by atoms with E-state index in [-0.39, 0.29) is 17.9 Å². The van der Waals surface area contributed by atoms with E-state index in [1.54, 1.807) is 0 Å². The Morgan fingerprint density at radius 1 is 0.929 bits per heavy atom. The largest absolute Gasteiger partial charge is 0.368 e. The first-order valence-electron chi connectivity index (χ1n) is 15.1. The molecule has 0 aliphatic carbocycles. The van der Waals surface area contributed by atoms with Gasteiger partial charge in [-0.05, 0) is 60.0 Å². The van der Waals surface area contributed by atoms with Crippen LogP contribution < -0.4 is 15.5 Å². The number of piperazine rings is 1. The summed E-state index contributed by atoms with van der Waals surface area (Å²) in [4.78, 5) is 34.2. The highest BCUT2D eigenvalue weighted by molar-refractivity contribution is 6.30. The van der Waals surface area contributed by atoms with Crippen molar-refractivity contribution in [1.29, 1.82) is 0 Å². The quantitative estimate of drug-likeness (QED) is 0.371. The molecule has 2 heterocycles. The van der Waals surface area contributed by atoms with Crippen LogP contribution in [0.4, 0.5) is 5.69 Å². The van der Waals surface area contributed by atoms with Gasteiger partial charge in [-0.25, -0.2) is 0 Å². The lowest BCUT2D eigenvalue weighted by Crippen LogP contribution is -2.58. The van der Waals surface area contributed by atoms with Gasteiger partial charge in [-0.2, -0.15) is 0 Å². The SMILES string of the molecule is CCN(CC)Cc1ccccc1N1CCN(C(=O)[C@@H](Cc2ccc(Cl)cc2)NC(=O)[C@H]2Cc3ccccc3CN2)CC1. The lowest BCUT2D eigenvalue weighted by Gasteiger charge is -2.39. The van der Waals surface area contributed by atoms with Crippen LogP contribution in [0.15, 0.2) is 72.8 Å². The average Bonchev–Trinajstić information content (AvgIpc) is 3.04. The number of carbonyl (C=O) groups excluding carboxylic acids is 2. The molecule has 7 nitrogen and oxygen atoms in total. The number of fused-ring (bicyclic) bond motifs is 1. The highest BCUT2D eigenvalue weighted by Crippen LogP contribution is 2.24. The lowest BCUT2D eigenvalue weighted by atomic mass is 9.95. The number of nitrogens with zero attached hydrogens (tertiary/aromatic N) is 3. The van der Waals surface area contributed by atoms with Crippen LogP contribution in [-0.2, 0) is 35.5 Å². The van der Waals surface area contributed by atoms with Gasteiger partial charge in [0.1, 0.15) is 6.04 Å². The highest BCUT2D eigenvalue weighted by atomic mass is 35.5. The molecule has 2 aliphatic rings. The number of carbonyl (C=O) groups is 2. The van der Waals surface area contributed by atoms with Crippen LogP contribution in [0.5, 0.6) is 0 Å². The van der Waals surface area contributed by atoms with Gasteiger partial charge in [0.15, 0.2) is 0 Å². The molecule has 3 aromatic carbocycles. The monoisotopic (exact) mass is 587 g/mol. The Balaban J connectivity index is 1.27. The molecule has 0 bridgehead atoms. The summed E-state index contributed by atoms with van der Waals surface area (Å²) in [6.45, 7) is 10.7. The summed E-state index contributed by atoms with van der Waals surface area (Å²) < 4.78 is 0. The first kappa shape index (κ1) is 30.1. The molecule has 0 aromatic heterocycles. The van der Waals surface area contributed by atoms with Crippen LogP contribution in [0.2, 0.25) is 5.02 Å². The van der Waals surface area contributed by atoms with Crippen molar-refractivity contribution in [2.75, 3.05) is 44.2 Å². The number of benzene rings is 3. The summed E-state index contributed by atoms with van der Waals surface area (Å²) >= 11 is 6.12. The molecule has 0 saturated carbocycles. The molecule has 1 saturated heterocycles.